The maximum atomic E-state index is 5.14. The van der Waals surface area contributed by atoms with Crippen LogP contribution in [0.3, 0.4) is 0 Å². The molecule has 24 heavy (non-hydrogen) atoms. The van der Waals surface area contributed by atoms with E-state index in [2.05, 4.69) is 32.2 Å². The minimum atomic E-state index is 0.667. The van der Waals surface area contributed by atoms with E-state index in [0.717, 1.165) is 37.0 Å². The highest BCUT2D eigenvalue weighted by Gasteiger charge is 2.15. The topological polar surface area (TPSA) is 68.1 Å². The van der Waals surface area contributed by atoms with Crippen LogP contribution in [-0.4, -0.2) is 46.6 Å². The minimum absolute atomic E-state index is 0.667. The van der Waals surface area contributed by atoms with Gasteiger partial charge in [-0.2, -0.15) is 5.10 Å². The van der Waals surface area contributed by atoms with Crippen LogP contribution in [-0.2, 0) is 17.8 Å². The van der Waals surface area contributed by atoms with Crippen molar-refractivity contribution in [3.63, 3.8) is 0 Å². The van der Waals surface area contributed by atoms with Crippen molar-refractivity contribution in [1.82, 2.24) is 19.7 Å². The molecule has 1 aliphatic rings. The molecule has 7 nitrogen and oxygen atoms in total. The van der Waals surface area contributed by atoms with Gasteiger partial charge in [-0.1, -0.05) is 0 Å². The lowest BCUT2D eigenvalue weighted by atomic mass is 10.2. The van der Waals surface area contributed by atoms with Crippen LogP contribution in [0.2, 0.25) is 0 Å². The number of hydrogen-bond donors (Lipinski definition) is 1. The maximum Gasteiger partial charge on any atom is 0.134 e. The molecule has 0 saturated carbocycles. The van der Waals surface area contributed by atoms with E-state index < -0.39 is 0 Å². The van der Waals surface area contributed by atoms with Gasteiger partial charge in [-0.15, -0.1) is 0 Å². The van der Waals surface area contributed by atoms with Crippen LogP contribution in [0.15, 0.2) is 12.4 Å². The molecule has 1 saturated heterocycles. The van der Waals surface area contributed by atoms with Gasteiger partial charge in [-0.3, -0.25) is 4.68 Å². The first-order chi connectivity index (χ1) is 11.7. The molecule has 0 aliphatic carbocycles. The Bertz CT molecular complexity index is 678. The van der Waals surface area contributed by atoms with Crippen LogP contribution in [0, 0.1) is 13.8 Å². The molecule has 0 spiro atoms. The summed E-state index contributed by atoms with van der Waals surface area (Å²) in [6, 6.07) is 2.03. The first-order valence-corrected chi connectivity index (χ1v) is 8.51. The third kappa shape index (κ3) is 3.67. The van der Waals surface area contributed by atoms with Crippen molar-refractivity contribution >= 4 is 11.6 Å². The molecule has 3 rings (SSSR count). The van der Waals surface area contributed by atoms with E-state index in [0.29, 0.717) is 13.2 Å². The standard InChI is InChI=1S/C17H26N6O/c1-13-15(14(2)23(21-13)8-9-24-3)11-18-16-10-17(20-12-19-16)22-6-4-5-7-22/h10,12H,4-9,11H2,1-3H3,(H,18,19,20). The molecule has 130 valence electrons. The van der Waals surface area contributed by atoms with E-state index in [-0.39, 0.29) is 0 Å². The number of ether oxygens (including phenoxy) is 1. The monoisotopic (exact) mass is 330 g/mol. The zero-order valence-corrected chi connectivity index (χ0v) is 14.7. The summed E-state index contributed by atoms with van der Waals surface area (Å²) in [4.78, 5) is 11.1. The Labute approximate surface area is 143 Å². The van der Waals surface area contributed by atoms with Crippen molar-refractivity contribution in [3.05, 3.63) is 29.3 Å². The van der Waals surface area contributed by atoms with E-state index in [1.54, 1.807) is 13.4 Å². The predicted octanol–water partition coefficient (Wildman–Crippen LogP) is 2.15. The van der Waals surface area contributed by atoms with Gasteiger partial charge in [0.1, 0.15) is 18.0 Å². The molecule has 1 fully saturated rings. The Morgan fingerprint density at radius 2 is 2.00 bits per heavy atom. The molecule has 0 amide bonds. The third-order valence-electron chi connectivity index (χ3n) is 4.57. The summed E-state index contributed by atoms with van der Waals surface area (Å²) in [5, 5.41) is 8.01. The van der Waals surface area contributed by atoms with Crippen molar-refractivity contribution in [1.29, 1.82) is 0 Å². The van der Waals surface area contributed by atoms with Crippen LogP contribution >= 0.6 is 0 Å². The lowest BCUT2D eigenvalue weighted by Crippen LogP contribution is -2.19. The predicted molar refractivity (Wildman–Crippen MR) is 94.4 cm³/mol. The van der Waals surface area contributed by atoms with Gasteiger partial charge in [0.05, 0.1) is 18.8 Å². The number of nitrogens with one attached hydrogen (secondary N) is 1. The highest BCUT2D eigenvalue weighted by atomic mass is 16.5. The van der Waals surface area contributed by atoms with Crippen molar-refractivity contribution < 1.29 is 4.74 Å². The van der Waals surface area contributed by atoms with Crippen molar-refractivity contribution in [2.45, 2.75) is 39.8 Å². The fourth-order valence-electron chi connectivity index (χ4n) is 3.13. The van der Waals surface area contributed by atoms with Gasteiger partial charge in [-0.25, -0.2) is 9.97 Å². The zero-order chi connectivity index (χ0) is 16.9. The number of rotatable bonds is 7. The summed E-state index contributed by atoms with van der Waals surface area (Å²) >= 11 is 0. The summed E-state index contributed by atoms with van der Waals surface area (Å²) < 4.78 is 7.15. The van der Waals surface area contributed by atoms with E-state index >= 15 is 0 Å². The Balaban J connectivity index is 1.67. The van der Waals surface area contributed by atoms with Crippen LogP contribution in [0.5, 0.6) is 0 Å². The number of aryl methyl sites for hydroxylation is 1. The lowest BCUT2D eigenvalue weighted by molar-refractivity contribution is 0.182. The third-order valence-corrected chi connectivity index (χ3v) is 4.57. The summed E-state index contributed by atoms with van der Waals surface area (Å²) in [5.41, 5.74) is 3.43. The Kier molecular flexibility index (Phi) is 5.30. The molecule has 3 heterocycles. The molecule has 7 heteroatoms. The van der Waals surface area contributed by atoms with Gasteiger partial charge in [0.2, 0.25) is 0 Å². The van der Waals surface area contributed by atoms with E-state index in [1.807, 2.05) is 17.7 Å². The molecule has 0 aromatic carbocycles. The van der Waals surface area contributed by atoms with Crippen molar-refractivity contribution in [3.8, 4) is 0 Å². The average molecular weight is 330 g/mol. The number of aromatic nitrogens is 4. The zero-order valence-electron chi connectivity index (χ0n) is 14.7. The Hall–Kier alpha value is -2.15. The molecule has 1 N–H and O–H groups in total. The van der Waals surface area contributed by atoms with Crippen molar-refractivity contribution in [2.24, 2.45) is 0 Å². The van der Waals surface area contributed by atoms with Gasteiger partial charge >= 0.3 is 0 Å². The first kappa shape index (κ1) is 16.7. The van der Waals surface area contributed by atoms with E-state index in [1.165, 1.54) is 24.1 Å². The summed E-state index contributed by atoms with van der Waals surface area (Å²) in [6.45, 7) is 8.46. The second-order valence-corrected chi connectivity index (χ2v) is 6.17. The van der Waals surface area contributed by atoms with Gasteiger partial charge in [0.25, 0.3) is 0 Å². The summed E-state index contributed by atoms with van der Waals surface area (Å²) in [5.74, 6) is 1.87. The first-order valence-electron chi connectivity index (χ1n) is 8.51. The van der Waals surface area contributed by atoms with Gasteiger partial charge in [0.15, 0.2) is 0 Å². The lowest BCUT2D eigenvalue weighted by Gasteiger charge is -2.16. The molecule has 0 bridgehead atoms. The van der Waals surface area contributed by atoms with Gasteiger partial charge in [-0.05, 0) is 26.7 Å². The summed E-state index contributed by atoms with van der Waals surface area (Å²) in [7, 11) is 1.71. The number of methoxy groups -OCH3 is 1. The molecule has 2 aromatic rings. The minimum Gasteiger partial charge on any atom is -0.383 e. The quantitative estimate of drug-likeness (QED) is 0.839. The fraction of sp³-hybridized carbons (Fsp3) is 0.588. The summed E-state index contributed by atoms with van der Waals surface area (Å²) in [6.07, 6.45) is 4.12. The van der Waals surface area contributed by atoms with Crippen LogP contribution in [0.25, 0.3) is 0 Å². The smallest absolute Gasteiger partial charge is 0.134 e. The Morgan fingerprint density at radius 3 is 2.75 bits per heavy atom. The Morgan fingerprint density at radius 1 is 1.21 bits per heavy atom. The van der Waals surface area contributed by atoms with Crippen LogP contribution in [0.4, 0.5) is 11.6 Å². The molecule has 0 atom stereocenters. The maximum absolute atomic E-state index is 5.14. The molecule has 0 unspecified atom stereocenters. The average Bonchev–Trinajstić information content (AvgIpc) is 3.21. The highest BCUT2D eigenvalue weighted by molar-refractivity contribution is 5.49. The van der Waals surface area contributed by atoms with E-state index in [4.69, 9.17) is 4.74 Å². The van der Waals surface area contributed by atoms with Crippen LogP contribution < -0.4 is 10.2 Å². The largest absolute Gasteiger partial charge is 0.383 e. The second kappa shape index (κ2) is 7.61. The molecule has 0 radical (unpaired) electrons. The SMILES string of the molecule is COCCn1nc(C)c(CNc2cc(N3CCCC3)ncn2)c1C. The fourth-order valence-corrected chi connectivity index (χ4v) is 3.13. The van der Waals surface area contributed by atoms with E-state index in [9.17, 15) is 0 Å². The van der Waals surface area contributed by atoms with Crippen LogP contribution in [0.1, 0.15) is 29.8 Å². The molecular formula is C17H26N6O. The van der Waals surface area contributed by atoms with Crippen molar-refractivity contribution in [2.75, 3.05) is 37.0 Å². The molecular weight excluding hydrogens is 304 g/mol. The molecule has 1 aliphatic heterocycles. The normalized spacial score (nSPS) is 14.4. The van der Waals surface area contributed by atoms with Gasteiger partial charge < -0.3 is 15.0 Å². The highest BCUT2D eigenvalue weighted by Crippen LogP contribution is 2.20. The number of nitrogens with zero attached hydrogens (tertiary/aromatic N) is 5. The second-order valence-electron chi connectivity index (χ2n) is 6.17. The van der Waals surface area contributed by atoms with Gasteiger partial charge in [0, 0.05) is 44.1 Å². The number of anilines is 2. The number of hydrogen-bond acceptors (Lipinski definition) is 6. The molecule has 2 aromatic heterocycles.